The Morgan fingerprint density at radius 1 is 0.168 bits per heavy atom. The monoisotopic (exact) mass is 1270 g/mol. The Bertz CT molecular complexity index is 3520. The van der Waals surface area contributed by atoms with Crippen LogP contribution >= 0.6 is 0 Å². The van der Waals surface area contributed by atoms with E-state index in [1.54, 1.807) is 0 Å². The average molecular weight is 1280 g/mol. The number of hydrogen-bond acceptors (Lipinski definition) is 8. The van der Waals surface area contributed by atoms with Gasteiger partial charge in [0.15, 0.2) is 0 Å². The first-order valence-corrected chi connectivity index (χ1v) is 32.2. The van der Waals surface area contributed by atoms with Gasteiger partial charge in [-0.05, 0) is 72.8 Å². The number of benzene rings is 8. The SMILES string of the molecule is [Fe+2].c1ccc(CN(Cc2ccccn2)Cc2ccccn2)nc1.c1ccc(CN(Cc2ccccn2)Cc2ccccn2)nc1.c1ccc([B-](c2ccccc2)(c2ccccc2)c2ccccc2)cc1.c1ccc([B-](c2ccccc2)(c2ccccc2)c2ccccc2)cc1. The first-order chi connectivity index (χ1) is 46.6. The number of aromatic nitrogens is 6. The maximum absolute atomic E-state index is 4.42. The molecule has 0 atom stereocenters. The van der Waals surface area contributed by atoms with Gasteiger partial charge in [0, 0.05) is 76.4 Å². The normalized spacial score (nSPS) is 10.9. The van der Waals surface area contributed by atoms with E-state index in [2.05, 4.69) is 282 Å². The van der Waals surface area contributed by atoms with Crippen LogP contribution in [0.2, 0.25) is 0 Å². The van der Waals surface area contributed by atoms with E-state index in [4.69, 9.17) is 0 Å². The molecule has 11 heteroatoms. The van der Waals surface area contributed by atoms with Crippen molar-refractivity contribution < 1.29 is 17.1 Å². The quantitative estimate of drug-likeness (QED) is 0.0698. The van der Waals surface area contributed by atoms with Crippen molar-refractivity contribution in [1.82, 2.24) is 39.7 Å². The molecular weight excluding hydrogens is 1200 g/mol. The molecule has 0 saturated carbocycles. The Morgan fingerprint density at radius 3 is 0.411 bits per heavy atom. The molecule has 0 amide bonds. The molecule has 0 N–H and O–H groups in total. The van der Waals surface area contributed by atoms with Gasteiger partial charge in [-0.25, -0.2) is 0 Å². The van der Waals surface area contributed by atoms with Gasteiger partial charge >= 0.3 is 17.1 Å². The first kappa shape index (κ1) is 67.1. The molecule has 0 aliphatic rings. The summed E-state index contributed by atoms with van der Waals surface area (Å²) in [6.07, 6.45) is 8.54. The van der Waals surface area contributed by atoms with Crippen LogP contribution in [0.25, 0.3) is 0 Å². The van der Waals surface area contributed by atoms with Crippen LogP contribution in [0, 0.1) is 0 Å². The molecule has 6 heterocycles. The van der Waals surface area contributed by atoms with Crippen LogP contribution in [0.15, 0.2) is 389 Å². The Balaban J connectivity index is 0.000000138. The van der Waals surface area contributed by atoms with Crippen molar-refractivity contribution >= 4 is 56.0 Å². The van der Waals surface area contributed by atoms with Gasteiger partial charge in [0.05, 0.1) is 34.2 Å². The fourth-order valence-corrected chi connectivity index (χ4v) is 12.9. The van der Waals surface area contributed by atoms with Crippen molar-refractivity contribution in [1.29, 1.82) is 0 Å². The number of rotatable bonds is 20. The molecule has 0 bridgehead atoms. The third-order valence-corrected chi connectivity index (χ3v) is 17.1. The van der Waals surface area contributed by atoms with Gasteiger partial charge in [-0.3, -0.25) is 39.7 Å². The molecule has 0 saturated heterocycles. The largest absolute Gasteiger partial charge is 2.00 e. The molecule has 466 valence electrons. The molecule has 0 spiro atoms. The third kappa shape index (κ3) is 18.3. The zero-order valence-corrected chi connectivity index (χ0v) is 54.4. The van der Waals surface area contributed by atoms with Crippen LogP contribution in [0.1, 0.15) is 34.2 Å². The van der Waals surface area contributed by atoms with Gasteiger partial charge in [0.25, 0.3) is 0 Å². The van der Waals surface area contributed by atoms with Gasteiger partial charge in [-0.2, -0.15) is 43.7 Å². The van der Waals surface area contributed by atoms with Gasteiger partial charge in [-0.1, -0.05) is 279 Å². The molecule has 95 heavy (non-hydrogen) atoms. The summed E-state index contributed by atoms with van der Waals surface area (Å²) < 4.78 is 0. The summed E-state index contributed by atoms with van der Waals surface area (Å²) in [6, 6.07) is 123. The van der Waals surface area contributed by atoms with Crippen molar-refractivity contribution in [2.45, 2.75) is 39.3 Å². The Hall–Kier alpha value is -10.8. The van der Waals surface area contributed by atoms with Crippen molar-refractivity contribution in [3.8, 4) is 0 Å². The molecule has 14 rings (SSSR count). The average Bonchev–Trinajstić information content (AvgIpc) is 0.748. The fraction of sp³-hybridized carbons (Fsp3) is 0.0714. The maximum atomic E-state index is 4.42. The second-order valence-corrected chi connectivity index (χ2v) is 23.2. The molecule has 8 aromatic carbocycles. The van der Waals surface area contributed by atoms with E-state index in [9.17, 15) is 0 Å². The van der Waals surface area contributed by atoms with Crippen LogP contribution < -0.4 is 43.7 Å². The van der Waals surface area contributed by atoms with E-state index >= 15 is 0 Å². The van der Waals surface area contributed by atoms with Crippen molar-refractivity contribution in [2.75, 3.05) is 0 Å². The molecule has 14 aromatic rings. The van der Waals surface area contributed by atoms with Crippen LogP contribution in [-0.4, -0.2) is 52.0 Å². The number of pyridine rings is 6. The van der Waals surface area contributed by atoms with Crippen LogP contribution in [-0.2, 0) is 56.3 Å². The molecule has 8 nitrogen and oxygen atoms in total. The maximum Gasteiger partial charge on any atom is 2.00 e. The van der Waals surface area contributed by atoms with E-state index in [1.807, 2.05) is 146 Å². The van der Waals surface area contributed by atoms with Gasteiger partial charge < -0.3 is 0 Å². The molecule has 0 aliphatic heterocycles. The second-order valence-electron chi connectivity index (χ2n) is 23.2. The summed E-state index contributed by atoms with van der Waals surface area (Å²) >= 11 is 0. The van der Waals surface area contributed by atoms with Gasteiger partial charge in [0.1, 0.15) is 12.3 Å². The molecule has 0 radical (unpaired) electrons. The van der Waals surface area contributed by atoms with Crippen LogP contribution in [0.4, 0.5) is 0 Å². The van der Waals surface area contributed by atoms with E-state index < -0.39 is 12.3 Å². The first-order valence-electron chi connectivity index (χ1n) is 32.2. The van der Waals surface area contributed by atoms with Gasteiger partial charge in [-0.15, -0.1) is 0 Å². The Labute approximate surface area is 571 Å². The van der Waals surface area contributed by atoms with E-state index in [0.29, 0.717) is 0 Å². The summed E-state index contributed by atoms with van der Waals surface area (Å²) in [4.78, 5) is 31.1. The zero-order chi connectivity index (χ0) is 64.0. The van der Waals surface area contributed by atoms with Crippen molar-refractivity contribution in [3.63, 3.8) is 0 Å². The smallest absolute Gasteiger partial charge is 0.286 e. The Morgan fingerprint density at radius 2 is 0.295 bits per heavy atom. The van der Waals surface area contributed by atoms with Crippen molar-refractivity contribution in [2.24, 2.45) is 0 Å². The standard InChI is InChI=1S/2C24H20B.2C18H18N4.Fe/c2*1-5-13-21(14-6-1)25(22-15-7-2-8-16-22,23-17-9-3-10-18-23)24-19-11-4-12-20-24;2*1-4-10-19-16(7-1)13-22(14-17-8-2-5-11-20-17)15-18-9-3-6-12-21-18;/h2*1-20H;2*1-12H,13-15H2;/q2*-1;;;+2. The topological polar surface area (TPSA) is 83.8 Å². The van der Waals surface area contributed by atoms with E-state index in [-0.39, 0.29) is 17.1 Å². The summed E-state index contributed by atoms with van der Waals surface area (Å²) in [6.45, 7) is 4.63. The number of nitrogens with zero attached hydrogens (tertiary/aromatic N) is 8. The minimum absolute atomic E-state index is 0. The summed E-state index contributed by atoms with van der Waals surface area (Å²) in [5.41, 5.74) is 17.0. The minimum Gasteiger partial charge on any atom is -0.286 e. The molecule has 0 fully saturated rings. The van der Waals surface area contributed by atoms with E-state index in [1.165, 1.54) is 43.7 Å². The van der Waals surface area contributed by atoms with Gasteiger partial charge in [0.2, 0.25) is 0 Å². The molecular formula is C84H76B2FeN8. The predicted octanol–water partition coefficient (Wildman–Crippen LogP) is 12.3. The summed E-state index contributed by atoms with van der Waals surface area (Å²) in [5.74, 6) is 0. The summed E-state index contributed by atoms with van der Waals surface area (Å²) in [5, 5.41) is 0. The van der Waals surface area contributed by atoms with Crippen LogP contribution in [0.5, 0.6) is 0 Å². The van der Waals surface area contributed by atoms with E-state index in [0.717, 1.165) is 73.4 Å². The summed E-state index contributed by atoms with van der Waals surface area (Å²) in [7, 11) is 0. The fourth-order valence-electron chi connectivity index (χ4n) is 12.9. The Kier molecular flexibility index (Phi) is 25.4. The molecule has 6 aromatic heterocycles. The number of hydrogen-bond donors (Lipinski definition) is 0. The third-order valence-electron chi connectivity index (χ3n) is 17.1. The molecule has 0 unspecified atom stereocenters. The minimum atomic E-state index is -1.22. The second kappa shape index (κ2) is 35.9. The molecule has 0 aliphatic carbocycles. The van der Waals surface area contributed by atoms with Crippen molar-refractivity contribution in [3.05, 3.63) is 423 Å². The zero-order valence-electron chi connectivity index (χ0n) is 53.3. The predicted molar refractivity (Wildman–Crippen MR) is 391 cm³/mol. The van der Waals surface area contributed by atoms with Crippen LogP contribution in [0.3, 0.4) is 0 Å².